The van der Waals surface area contributed by atoms with Gasteiger partial charge in [0.1, 0.15) is 11.6 Å². The molecule has 0 bridgehead atoms. The second-order valence-electron chi connectivity index (χ2n) is 4.28. The minimum atomic E-state index is -0.290. The Morgan fingerprint density at radius 2 is 2.00 bits per heavy atom. The van der Waals surface area contributed by atoms with Crippen LogP contribution in [-0.4, -0.2) is 14.2 Å². The Balaban J connectivity index is 2.51. The molecule has 0 saturated heterocycles. The van der Waals surface area contributed by atoms with Crippen LogP contribution in [0, 0.1) is 5.82 Å². The molecule has 1 N–H and O–H groups in total. The van der Waals surface area contributed by atoms with Crippen LogP contribution in [0.2, 0.25) is 5.02 Å². The highest BCUT2D eigenvalue weighted by Gasteiger charge is 2.18. The van der Waals surface area contributed by atoms with Gasteiger partial charge in [-0.05, 0) is 58.9 Å². The Kier molecular flexibility index (Phi) is 5.02. The molecule has 2 nitrogen and oxygen atoms in total. The van der Waals surface area contributed by atoms with Crippen LogP contribution >= 0.6 is 27.5 Å². The van der Waals surface area contributed by atoms with Crippen molar-refractivity contribution in [3.05, 3.63) is 62.8 Å². The van der Waals surface area contributed by atoms with Crippen molar-refractivity contribution < 1.29 is 9.13 Å². The summed E-state index contributed by atoms with van der Waals surface area (Å²) in [7, 11) is 3.45. The first-order valence-corrected chi connectivity index (χ1v) is 7.19. The van der Waals surface area contributed by atoms with Crippen LogP contribution in [0.3, 0.4) is 0 Å². The van der Waals surface area contributed by atoms with E-state index in [0.29, 0.717) is 9.50 Å². The van der Waals surface area contributed by atoms with E-state index in [1.165, 1.54) is 6.07 Å². The lowest BCUT2D eigenvalue weighted by molar-refractivity contribution is 0.405. The summed E-state index contributed by atoms with van der Waals surface area (Å²) in [5, 5.41) is 3.83. The molecule has 0 fully saturated rings. The van der Waals surface area contributed by atoms with Crippen molar-refractivity contribution in [1.29, 1.82) is 0 Å². The molecule has 20 heavy (non-hydrogen) atoms. The van der Waals surface area contributed by atoms with Crippen molar-refractivity contribution in [2.24, 2.45) is 0 Å². The zero-order valence-corrected chi connectivity index (χ0v) is 13.4. The van der Waals surface area contributed by atoms with E-state index in [0.717, 1.165) is 16.9 Å². The summed E-state index contributed by atoms with van der Waals surface area (Å²) in [5.74, 6) is 0.441. The second kappa shape index (κ2) is 6.57. The Bertz CT molecular complexity index is 621. The van der Waals surface area contributed by atoms with Gasteiger partial charge >= 0.3 is 0 Å². The first-order chi connectivity index (χ1) is 9.56. The van der Waals surface area contributed by atoms with Crippen LogP contribution < -0.4 is 10.1 Å². The molecular formula is C15H14BrClFNO. The summed E-state index contributed by atoms with van der Waals surface area (Å²) in [5.41, 5.74) is 1.82. The number of hydrogen-bond donors (Lipinski definition) is 1. The van der Waals surface area contributed by atoms with Gasteiger partial charge in [0.15, 0.2) is 0 Å². The van der Waals surface area contributed by atoms with Crippen molar-refractivity contribution in [3.63, 3.8) is 0 Å². The molecule has 0 aliphatic heterocycles. The van der Waals surface area contributed by atoms with Gasteiger partial charge in [-0.15, -0.1) is 0 Å². The molecule has 0 aliphatic rings. The zero-order valence-electron chi connectivity index (χ0n) is 11.1. The summed E-state index contributed by atoms with van der Waals surface area (Å²) < 4.78 is 19.2. The molecule has 0 saturated carbocycles. The van der Waals surface area contributed by atoms with Gasteiger partial charge in [-0.3, -0.25) is 0 Å². The molecule has 106 valence electrons. The smallest absolute Gasteiger partial charge is 0.137 e. The molecule has 0 heterocycles. The minimum Gasteiger partial charge on any atom is -0.496 e. The standard InChI is InChI=1S/C15H14BrClFNO/c1-19-15(9-3-5-13(18)12(16)7-9)11-8-10(17)4-6-14(11)20-2/h3-8,15,19H,1-2H3. The summed E-state index contributed by atoms with van der Waals surface area (Å²) in [6.45, 7) is 0. The third-order valence-corrected chi connectivity index (χ3v) is 3.91. The number of benzene rings is 2. The van der Waals surface area contributed by atoms with Crippen molar-refractivity contribution in [1.82, 2.24) is 5.32 Å². The van der Waals surface area contributed by atoms with Crippen molar-refractivity contribution in [2.75, 3.05) is 14.2 Å². The number of nitrogens with one attached hydrogen (secondary N) is 1. The van der Waals surface area contributed by atoms with Crippen LogP contribution in [0.15, 0.2) is 40.9 Å². The van der Waals surface area contributed by atoms with Crippen molar-refractivity contribution in [3.8, 4) is 5.75 Å². The first-order valence-electron chi connectivity index (χ1n) is 6.02. The monoisotopic (exact) mass is 357 g/mol. The molecule has 0 spiro atoms. The van der Waals surface area contributed by atoms with Gasteiger partial charge in [0, 0.05) is 10.6 Å². The highest BCUT2D eigenvalue weighted by atomic mass is 79.9. The maximum Gasteiger partial charge on any atom is 0.137 e. The Labute approximate surface area is 131 Å². The van der Waals surface area contributed by atoms with Gasteiger partial charge in [0.2, 0.25) is 0 Å². The Morgan fingerprint density at radius 1 is 1.25 bits per heavy atom. The highest BCUT2D eigenvalue weighted by molar-refractivity contribution is 9.10. The molecule has 5 heteroatoms. The predicted octanol–water partition coefficient (Wildman–Crippen LogP) is 4.56. The molecular weight excluding hydrogens is 345 g/mol. The van der Waals surface area contributed by atoms with Gasteiger partial charge < -0.3 is 10.1 Å². The summed E-state index contributed by atoms with van der Waals surface area (Å²) in [6, 6.07) is 10.2. The molecule has 2 aromatic carbocycles. The van der Waals surface area contributed by atoms with Gasteiger partial charge in [-0.2, -0.15) is 0 Å². The molecule has 0 aromatic heterocycles. The maximum absolute atomic E-state index is 13.4. The molecule has 1 atom stereocenters. The van der Waals surface area contributed by atoms with E-state index >= 15 is 0 Å². The van der Waals surface area contributed by atoms with E-state index in [4.69, 9.17) is 16.3 Å². The summed E-state index contributed by atoms with van der Waals surface area (Å²) >= 11 is 9.27. The summed E-state index contributed by atoms with van der Waals surface area (Å²) in [4.78, 5) is 0. The van der Waals surface area contributed by atoms with E-state index in [1.807, 2.05) is 19.2 Å². The molecule has 0 radical (unpaired) electrons. The van der Waals surface area contributed by atoms with E-state index in [1.54, 1.807) is 25.3 Å². The molecule has 1 unspecified atom stereocenters. The quantitative estimate of drug-likeness (QED) is 0.865. The molecule has 2 aromatic rings. The number of halogens is 3. The highest BCUT2D eigenvalue weighted by Crippen LogP contribution is 2.33. The fraction of sp³-hybridized carbons (Fsp3) is 0.200. The predicted molar refractivity (Wildman–Crippen MR) is 83.0 cm³/mol. The average Bonchev–Trinajstić information content (AvgIpc) is 2.44. The van der Waals surface area contributed by atoms with Crippen LogP contribution in [-0.2, 0) is 0 Å². The van der Waals surface area contributed by atoms with Crippen molar-refractivity contribution in [2.45, 2.75) is 6.04 Å². The van der Waals surface area contributed by atoms with Crippen molar-refractivity contribution >= 4 is 27.5 Å². The van der Waals surface area contributed by atoms with Crippen LogP contribution in [0.5, 0.6) is 5.75 Å². The van der Waals surface area contributed by atoms with Crippen LogP contribution in [0.1, 0.15) is 17.2 Å². The van der Waals surface area contributed by atoms with Gasteiger partial charge in [-0.25, -0.2) is 4.39 Å². The fourth-order valence-electron chi connectivity index (χ4n) is 2.12. The topological polar surface area (TPSA) is 21.3 Å². The third-order valence-electron chi connectivity index (χ3n) is 3.07. The lowest BCUT2D eigenvalue weighted by atomic mass is 9.98. The van der Waals surface area contributed by atoms with E-state index < -0.39 is 0 Å². The third kappa shape index (κ3) is 3.14. The van der Waals surface area contributed by atoms with Crippen LogP contribution in [0.25, 0.3) is 0 Å². The number of ether oxygens (including phenoxy) is 1. The average molecular weight is 359 g/mol. The number of methoxy groups -OCH3 is 1. The maximum atomic E-state index is 13.4. The normalized spacial score (nSPS) is 12.2. The molecule has 0 amide bonds. The first kappa shape index (κ1) is 15.3. The van der Waals surface area contributed by atoms with Gasteiger partial charge in [0.05, 0.1) is 17.6 Å². The number of hydrogen-bond acceptors (Lipinski definition) is 2. The van der Waals surface area contributed by atoms with Crippen LogP contribution in [0.4, 0.5) is 4.39 Å². The largest absolute Gasteiger partial charge is 0.496 e. The van der Waals surface area contributed by atoms with Gasteiger partial charge in [-0.1, -0.05) is 17.7 Å². The van der Waals surface area contributed by atoms with E-state index in [9.17, 15) is 4.39 Å². The zero-order chi connectivity index (χ0) is 14.7. The fourth-order valence-corrected chi connectivity index (χ4v) is 2.70. The molecule has 0 aliphatic carbocycles. The SMILES string of the molecule is CNC(c1ccc(F)c(Br)c1)c1cc(Cl)ccc1OC. The summed E-state index contributed by atoms with van der Waals surface area (Å²) in [6.07, 6.45) is 0. The van der Waals surface area contributed by atoms with Gasteiger partial charge in [0.25, 0.3) is 0 Å². The Hall–Kier alpha value is -1.10. The van der Waals surface area contributed by atoms with E-state index in [2.05, 4.69) is 21.2 Å². The molecule has 2 rings (SSSR count). The van der Waals surface area contributed by atoms with E-state index in [-0.39, 0.29) is 11.9 Å². The Morgan fingerprint density at radius 3 is 2.60 bits per heavy atom. The lowest BCUT2D eigenvalue weighted by Gasteiger charge is -2.20. The minimum absolute atomic E-state index is 0.138. The second-order valence-corrected chi connectivity index (χ2v) is 5.57. The lowest BCUT2D eigenvalue weighted by Crippen LogP contribution is -2.18. The number of rotatable bonds is 4.